The lowest BCUT2D eigenvalue weighted by molar-refractivity contribution is 0.362. The molecule has 0 aromatic carbocycles. The fourth-order valence-corrected chi connectivity index (χ4v) is 5.11. The maximum absolute atomic E-state index is 2.30. The van der Waals surface area contributed by atoms with Crippen molar-refractivity contribution >= 4 is 23.5 Å². The summed E-state index contributed by atoms with van der Waals surface area (Å²) in [6, 6.07) is 4.42. The van der Waals surface area contributed by atoms with Crippen LogP contribution in [0.2, 0.25) is 0 Å². The van der Waals surface area contributed by atoms with E-state index < -0.39 is 0 Å². The van der Waals surface area contributed by atoms with E-state index in [0.717, 1.165) is 0 Å². The van der Waals surface area contributed by atoms with Gasteiger partial charge in [-0.3, -0.25) is 0 Å². The van der Waals surface area contributed by atoms with Gasteiger partial charge in [0.2, 0.25) is 0 Å². The topological polar surface area (TPSA) is 0 Å². The van der Waals surface area contributed by atoms with E-state index in [2.05, 4.69) is 132 Å². The van der Waals surface area contributed by atoms with Crippen LogP contribution in [-0.4, -0.2) is 0 Å². The molecule has 0 fully saturated rings. The lowest BCUT2D eigenvalue weighted by Crippen LogP contribution is -2.22. The van der Waals surface area contributed by atoms with Gasteiger partial charge in [-0.05, 0) is 45.9 Å². The zero-order valence-corrected chi connectivity index (χ0v) is 21.8. The van der Waals surface area contributed by atoms with Gasteiger partial charge in [0.05, 0.1) is 0 Å². The molecular weight excluding hydrogens is 368 g/mol. The van der Waals surface area contributed by atoms with Gasteiger partial charge >= 0.3 is 0 Å². The molecule has 0 radical (unpaired) electrons. The van der Waals surface area contributed by atoms with Crippen LogP contribution in [0.15, 0.2) is 47.6 Å². The van der Waals surface area contributed by atoms with Crippen LogP contribution in [0.4, 0.5) is 0 Å². The van der Waals surface area contributed by atoms with Gasteiger partial charge in [-0.15, -0.1) is 11.3 Å². The summed E-state index contributed by atoms with van der Waals surface area (Å²) >= 11 is 1.83. The van der Waals surface area contributed by atoms with Gasteiger partial charge in [0.1, 0.15) is 0 Å². The average Bonchev–Trinajstić information content (AvgIpc) is 2.90. The van der Waals surface area contributed by atoms with Crippen molar-refractivity contribution in [2.45, 2.75) is 83.1 Å². The second-order valence-corrected chi connectivity index (χ2v) is 13.3. The Morgan fingerprint density at radius 3 is 1.07 bits per heavy atom. The summed E-state index contributed by atoms with van der Waals surface area (Å²) < 4.78 is 0. The van der Waals surface area contributed by atoms with Crippen molar-refractivity contribution in [3.05, 3.63) is 57.3 Å². The highest BCUT2D eigenvalue weighted by atomic mass is 32.1. The summed E-state index contributed by atoms with van der Waals surface area (Å²) in [6.07, 6.45) is 13.5. The minimum atomic E-state index is 0.177. The first kappa shape index (κ1) is 25.7. The Labute approximate surface area is 185 Å². The zero-order chi connectivity index (χ0) is 22.7. The van der Waals surface area contributed by atoms with Crippen LogP contribution in [0.3, 0.4) is 0 Å². The zero-order valence-electron chi connectivity index (χ0n) is 21.0. The van der Waals surface area contributed by atoms with Crippen molar-refractivity contribution in [2.75, 3.05) is 0 Å². The molecule has 0 unspecified atom stereocenters. The summed E-state index contributed by atoms with van der Waals surface area (Å²) in [5.74, 6) is 0. The van der Waals surface area contributed by atoms with E-state index in [9.17, 15) is 0 Å². The molecule has 1 heteroatoms. The summed E-state index contributed by atoms with van der Waals surface area (Å²) in [7, 11) is 0. The predicted octanol–water partition coefficient (Wildman–Crippen LogP) is 9.81. The lowest BCUT2D eigenvalue weighted by Gasteiger charge is -2.33. The first-order chi connectivity index (χ1) is 12.9. The van der Waals surface area contributed by atoms with E-state index in [0.29, 0.717) is 0 Å². The van der Waals surface area contributed by atoms with Gasteiger partial charge in [-0.25, -0.2) is 0 Å². The largest absolute Gasteiger partial charge is 0.137 e. The van der Waals surface area contributed by atoms with Gasteiger partial charge in [0, 0.05) is 9.75 Å². The van der Waals surface area contributed by atoms with E-state index in [1.807, 2.05) is 11.3 Å². The third kappa shape index (κ3) is 8.51. The number of hydrogen-bond donors (Lipinski definition) is 0. The van der Waals surface area contributed by atoms with Crippen LogP contribution < -0.4 is 0 Å². The molecule has 1 heterocycles. The van der Waals surface area contributed by atoms with Gasteiger partial charge in [-0.1, -0.05) is 119 Å². The highest BCUT2D eigenvalue weighted by Crippen LogP contribution is 2.40. The Hall–Kier alpha value is -1.34. The Bertz CT molecular complexity index is 681. The minimum absolute atomic E-state index is 0.177. The lowest BCUT2D eigenvalue weighted by atomic mass is 9.72. The van der Waals surface area contributed by atoms with Crippen LogP contribution in [0, 0.1) is 21.7 Å². The molecule has 0 atom stereocenters. The molecule has 0 amide bonds. The molecule has 0 spiro atoms. The maximum Gasteiger partial charge on any atom is 0.0276 e. The summed E-state index contributed by atoms with van der Waals surface area (Å²) in [6.45, 7) is 27.5. The molecule has 0 aliphatic heterocycles. The van der Waals surface area contributed by atoms with E-state index >= 15 is 0 Å². The van der Waals surface area contributed by atoms with E-state index in [4.69, 9.17) is 0 Å². The predicted molar refractivity (Wildman–Crippen MR) is 136 cm³/mol. The minimum Gasteiger partial charge on any atom is -0.137 e. The fourth-order valence-electron chi connectivity index (χ4n) is 4.28. The fraction of sp³-hybridized carbons (Fsp3) is 0.571. The number of thiophene rings is 1. The quantitative estimate of drug-likeness (QED) is 0.431. The second kappa shape index (κ2) is 9.21. The molecule has 0 aliphatic carbocycles. The van der Waals surface area contributed by atoms with Gasteiger partial charge < -0.3 is 0 Å². The first-order valence-electron chi connectivity index (χ1n) is 10.8. The molecule has 0 nitrogen and oxygen atoms in total. The molecule has 0 N–H and O–H groups in total. The van der Waals surface area contributed by atoms with Crippen LogP contribution in [0.1, 0.15) is 92.8 Å². The summed E-state index contributed by atoms with van der Waals surface area (Å²) in [5.41, 5.74) is 3.65. The van der Waals surface area contributed by atoms with Crippen molar-refractivity contribution in [3.8, 4) is 0 Å². The third-order valence-corrected chi connectivity index (χ3v) is 5.94. The Morgan fingerprint density at radius 1 is 0.552 bits per heavy atom. The number of rotatable bonds is 4. The molecule has 1 rings (SSSR count). The van der Waals surface area contributed by atoms with E-state index in [1.165, 1.54) is 20.9 Å². The van der Waals surface area contributed by atoms with Crippen molar-refractivity contribution < 1.29 is 0 Å². The molecule has 0 aliphatic rings. The van der Waals surface area contributed by atoms with Crippen LogP contribution >= 0.6 is 11.3 Å². The van der Waals surface area contributed by atoms with E-state index in [1.54, 1.807) is 0 Å². The second-order valence-electron chi connectivity index (χ2n) is 12.1. The Balaban J connectivity index is 3.01. The molecule has 0 saturated heterocycles. The molecule has 162 valence electrons. The van der Waals surface area contributed by atoms with Crippen LogP contribution in [0.25, 0.3) is 12.2 Å². The standard InChI is InChI=1S/C28H44S/c1-25(2,3)23(26(4,5)6)17-13-15-21-19-20-22(29-21)16-14-18-24(27(7,8)9)28(10,11)12/h13-20H,1-12H3/b15-13+,16-14+. The molecule has 1 aromatic heterocycles. The van der Waals surface area contributed by atoms with Crippen molar-refractivity contribution in [2.24, 2.45) is 21.7 Å². The van der Waals surface area contributed by atoms with E-state index in [-0.39, 0.29) is 21.7 Å². The average molecular weight is 413 g/mol. The van der Waals surface area contributed by atoms with Gasteiger partial charge in [0.15, 0.2) is 0 Å². The number of allylic oxidation sites excluding steroid dienone is 6. The molecule has 29 heavy (non-hydrogen) atoms. The molecule has 0 bridgehead atoms. The van der Waals surface area contributed by atoms with Crippen molar-refractivity contribution in [3.63, 3.8) is 0 Å². The Kier molecular flexibility index (Phi) is 8.16. The molecule has 1 aromatic rings. The third-order valence-electron chi connectivity index (χ3n) is 4.93. The summed E-state index contributed by atoms with van der Waals surface area (Å²) in [4.78, 5) is 2.58. The molecular formula is C28H44S. The van der Waals surface area contributed by atoms with Gasteiger partial charge in [-0.2, -0.15) is 0 Å². The summed E-state index contributed by atoms with van der Waals surface area (Å²) in [5, 5.41) is 0. The monoisotopic (exact) mass is 412 g/mol. The first-order valence-corrected chi connectivity index (χ1v) is 11.6. The van der Waals surface area contributed by atoms with Crippen molar-refractivity contribution in [1.82, 2.24) is 0 Å². The number of hydrogen-bond acceptors (Lipinski definition) is 1. The SMILES string of the molecule is CC(C)(C)C(=C/C=C/c1ccc(/C=C/C=C(C(C)(C)C)C(C)(C)C)s1)C(C)(C)C. The van der Waals surface area contributed by atoms with Gasteiger partial charge in [0.25, 0.3) is 0 Å². The normalized spacial score (nSPS) is 13.9. The highest BCUT2D eigenvalue weighted by Gasteiger charge is 2.27. The Morgan fingerprint density at radius 2 is 0.828 bits per heavy atom. The molecule has 0 saturated carbocycles. The maximum atomic E-state index is 2.30. The van der Waals surface area contributed by atoms with Crippen LogP contribution in [0.5, 0.6) is 0 Å². The van der Waals surface area contributed by atoms with Crippen molar-refractivity contribution in [1.29, 1.82) is 0 Å². The smallest absolute Gasteiger partial charge is 0.0276 e. The highest BCUT2D eigenvalue weighted by molar-refractivity contribution is 7.13. The van der Waals surface area contributed by atoms with Crippen LogP contribution in [-0.2, 0) is 0 Å².